The summed E-state index contributed by atoms with van der Waals surface area (Å²) in [5.74, 6) is -1.68. The van der Waals surface area contributed by atoms with Gasteiger partial charge in [-0.2, -0.15) is 0 Å². The normalized spacial score (nSPS) is 21.6. The number of carbonyl (C=O) groups is 5. The molecule has 3 heterocycles. The standard InChI is InChI=1S/C39H50N6O7S/c1-25(2)17-32-39(50)44(15-16-51-4)22-35(46)41-31(18-27-9-6-5-7-10-27)38(49)43-33-21-45(37(48)14-13-34-26(3)40-24-53-34)20-30(33)28-11-8-12-29(19-28)52-23-36(47)42-32/h5-12,19,24-25,30-33H,13-18,20-23H2,1-4H3,(H,41,46)(H,42,47)(H,43,49)/t30-,31-,32+,33+/m0/s1. The van der Waals surface area contributed by atoms with E-state index >= 15 is 0 Å². The Morgan fingerprint density at radius 3 is 2.49 bits per heavy atom. The molecule has 0 aliphatic carbocycles. The Bertz CT molecular complexity index is 1730. The number of hydrogen-bond acceptors (Lipinski definition) is 9. The second kappa shape index (κ2) is 18.8. The Balaban J connectivity index is 1.46. The highest BCUT2D eigenvalue weighted by molar-refractivity contribution is 7.09. The van der Waals surface area contributed by atoms with Crippen molar-refractivity contribution in [2.24, 2.45) is 5.92 Å². The summed E-state index contributed by atoms with van der Waals surface area (Å²) in [5.41, 5.74) is 4.36. The van der Waals surface area contributed by atoms with Gasteiger partial charge in [0.05, 0.1) is 30.4 Å². The van der Waals surface area contributed by atoms with Gasteiger partial charge in [0.15, 0.2) is 6.61 Å². The van der Waals surface area contributed by atoms with Crippen LogP contribution in [0.25, 0.3) is 0 Å². The number of amides is 5. The second-order valence-corrected chi connectivity index (χ2v) is 15.0. The third kappa shape index (κ3) is 11.1. The molecule has 1 aromatic heterocycles. The largest absolute Gasteiger partial charge is 0.484 e. The second-order valence-electron chi connectivity index (χ2n) is 14.1. The van der Waals surface area contributed by atoms with Crippen molar-refractivity contribution in [2.45, 2.75) is 70.5 Å². The predicted octanol–water partition coefficient (Wildman–Crippen LogP) is 2.62. The number of ether oxygens (including phenoxy) is 2. The number of fused-ring (bicyclic) bond motifs is 4. The fraction of sp³-hybridized carbons (Fsp3) is 0.487. The van der Waals surface area contributed by atoms with Crippen LogP contribution in [-0.4, -0.2) is 109 Å². The molecule has 1 saturated heterocycles. The van der Waals surface area contributed by atoms with Crippen LogP contribution in [0.3, 0.4) is 0 Å². The first-order valence-electron chi connectivity index (χ1n) is 18.1. The highest BCUT2D eigenvalue weighted by Gasteiger charge is 2.39. The van der Waals surface area contributed by atoms with Crippen LogP contribution < -0.4 is 20.7 Å². The number of thiazole rings is 1. The highest BCUT2D eigenvalue weighted by atomic mass is 32.1. The van der Waals surface area contributed by atoms with E-state index in [1.165, 1.54) is 23.3 Å². The molecule has 2 aliphatic heterocycles. The lowest BCUT2D eigenvalue weighted by Crippen LogP contribution is -2.56. The zero-order valence-corrected chi connectivity index (χ0v) is 31.7. The average molecular weight is 747 g/mol. The molecule has 13 nitrogen and oxygen atoms in total. The molecule has 5 rings (SSSR count). The lowest BCUT2D eigenvalue weighted by molar-refractivity contribution is -0.141. The van der Waals surface area contributed by atoms with E-state index in [0.29, 0.717) is 31.6 Å². The van der Waals surface area contributed by atoms with Gasteiger partial charge in [0.2, 0.25) is 23.6 Å². The number of aryl methyl sites for hydroxylation is 2. The number of benzene rings is 2. The number of rotatable bonds is 10. The summed E-state index contributed by atoms with van der Waals surface area (Å²) in [5, 5.41) is 8.89. The lowest BCUT2D eigenvalue weighted by atomic mass is 9.93. The summed E-state index contributed by atoms with van der Waals surface area (Å²) in [4.78, 5) is 77.2. The first-order valence-corrected chi connectivity index (χ1v) is 19.0. The molecule has 53 heavy (non-hydrogen) atoms. The molecule has 3 N–H and O–H groups in total. The fourth-order valence-electron chi connectivity index (χ4n) is 6.79. The molecule has 2 aromatic carbocycles. The van der Waals surface area contributed by atoms with Crippen LogP contribution in [0.2, 0.25) is 0 Å². The monoisotopic (exact) mass is 746 g/mol. The first-order chi connectivity index (χ1) is 25.5. The van der Waals surface area contributed by atoms with E-state index in [-0.39, 0.29) is 57.0 Å². The molecule has 0 spiro atoms. The van der Waals surface area contributed by atoms with Gasteiger partial charge in [0.1, 0.15) is 17.8 Å². The number of nitrogens with one attached hydrogen (secondary N) is 3. The van der Waals surface area contributed by atoms with Crippen LogP contribution in [0, 0.1) is 12.8 Å². The molecule has 0 saturated carbocycles. The molecular weight excluding hydrogens is 697 g/mol. The minimum absolute atomic E-state index is 0.0343. The maximum atomic E-state index is 14.2. The maximum Gasteiger partial charge on any atom is 0.258 e. The number of hydrogen-bond donors (Lipinski definition) is 3. The van der Waals surface area contributed by atoms with Crippen molar-refractivity contribution in [3.8, 4) is 5.75 Å². The fourth-order valence-corrected chi connectivity index (χ4v) is 7.57. The molecule has 2 aliphatic rings. The predicted molar refractivity (Wildman–Crippen MR) is 200 cm³/mol. The number of carbonyl (C=O) groups excluding carboxylic acids is 5. The van der Waals surface area contributed by atoms with Gasteiger partial charge < -0.3 is 35.2 Å². The van der Waals surface area contributed by atoms with Gasteiger partial charge in [-0.15, -0.1) is 11.3 Å². The van der Waals surface area contributed by atoms with Gasteiger partial charge in [-0.1, -0.05) is 56.3 Å². The molecule has 2 bridgehead atoms. The highest BCUT2D eigenvalue weighted by Crippen LogP contribution is 2.31. The Kier molecular flexibility index (Phi) is 14.0. The van der Waals surface area contributed by atoms with Crippen LogP contribution in [0.4, 0.5) is 0 Å². The van der Waals surface area contributed by atoms with Crippen molar-refractivity contribution in [3.63, 3.8) is 0 Å². The van der Waals surface area contributed by atoms with Gasteiger partial charge >= 0.3 is 0 Å². The van der Waals surface area contributed by atoms with Crippen molar-refractivity contribution in [2.75, 3.05) is 46.5 Å². The van der Waals surface area contributed by atoms with E-state index in [9.17, 15) is 24.0 Å². The summed E-state index contributed by atoms with van der Waals surface area (Å²) in [6.07, 6.45) is 1.42. The van der Waals surface area contributed by atoms with E-state index in [4.69, 9.17) is 9.47 Å². The van der Waals surface area contributed by atoms with Gasteiger partial charge in [0.25, 0.3) is 5.91 Å². The van der Waals surface area contributed by atoms with Crippen molar-refractivity contribution < 1.29 is 33.4 Å². The van der Waals surface area contributed by atoms with E-state index < -0.39 is 41.8 Å². The van der Waals surface area contributed by atoms with Gasteiger partial charge in [-0.05, 0) is 48.9 Å². The molecule has 284 valence electrons. The topological polar surface area (TPSA) is 159 Å². The molecule has 5 amide bonds. The summed E-state index contributed by atoms with van der Waals surface area (Å²) in [6, 6.07) is 14.3. The van der Waals surface area contributed by atoms with Gasteiger partial charge in [0, 0.05) is 50.4 Å². The van der Waals surface area contributed by atoms with Crippen molar-refractivity contribution in [1.29, 1.82) is 0 Å². The van der Waals surface area contributed by atoms with E-state index in [0.717, 1.165) is 21.7 Å². The Morgan fingerprint density at radius 1 is 1.00 bits per heavy atom. The molecule has 3 aromatic rings. The number of likely N-dealkylation sites (tertiary alicyclic amines) is 1. The minimum atomic E-state index is -0.983. The molecule has 14 heteroatoms. The lowest BCUT2D eigenvalue weighted by Gasteiger charge is -2.29. The quantitative estimate of drug-likeness (QED) is 0.286. The first kappa shape index (κ1) is 39.4. The van der Waals surface area contributed by atoms with Crippen LogP contribution >= 0.6 is 11.3 Å². The van der Waals surface area contributed by atoms with Crippen molar-refractivity contribution >= 4 is 40.9 Å². The van der Waals surface area contributed by atoms with Gasteiger partial charge in [-0.25, -0.2) is 4.98 Å². The summed E-state index contributed by atoms with van der Waals surface area (Å²) >= 11 is 1.53. The third-order valence-electron chi connectivity index (χ3n) is 9.55. The van der Waals surface area contributed by atoms with Crippen molar-refractivity contribution in [1.82, 2.24) is 30.7 Å². The Morgan fingerprint density at radius 2 is 1.77 bits per heavy atom. The Labute approximate surface area is 314 Å². The molecular formula is C39H50N6O7S. The Hall–Kier alpha value is -4.82. The average Bonchev–Trinajstić information content (AvgIpc) is 3.76. The van der Waals surface area contributed by atoms with Crippen LogP contribution in [0.5, 0.6) is 5.75 Å². The van der Waals surface area contributed by atoms with Crippen LogP contribution in [-0.2, 0) is 41.6 Å². The zero-order valence-electron chi connectivity index (χ0n) is 30.8. The number of nitrogens with zero attached hydrogens (tertiary/aromatic N) is 3. The van der Waals surface area contributed by atoms with E-state index in [1.807, 2.05) is 69.3 Å². The summed E-state index contributed by atoms with van der Waals surface area (Å²) < 4.78 is 11.2. The zero-order chi connectivity index (χ0) is 37.9. The maximum absolute atomic E-state index is 14.2. The van der Waals surface area contributed by atoms with Crippen LogP contribution in [0.1, 0.15) is 54.3 Å². The number of methoxy groups -OCH3 is 1. The smallest absolute Gasteiger partial charge is 0.258 e. The molecule has 0 unspecified atom stereocenters. The summed E-state index contributed by atoms with van der Waals surface area (Å²) in [6.45, 7) is 6.03. The minimum Gasteiger partial charge on any atom is -0.484 e. The molecule has 4 atom stereocenters. The van der Waals surface area contributed by atoms with Crippen LogP contribution in [0.15, 0.2) is 60.1 Å². The molecule has 1 fully saturated rings. The van der Waals surface area contributed by atoms with E-state index in [1.54, 1.807) is 16.5 Å². The third-order valence-corrected chi connectivity index (χ3v) is 10.5. The summed E-state index contributed by atoms with van der Waals surface area (Å²) in [7, 11) is 1.50. The van der Waals surface area contributed by atoms with Crippen molar-refractivity contribution in [3.05, 3.63) is 81.8 Å². The molecule has 0 radical (unpaired) electrons. The van der Waals surface area contributed by atoms with Gasteiger partial charge in [-0.3, -0.25) is 24.0 Å². The SMILES string of the molecule is COCCN1CC(=O)N[C@@H](Cc2ccccc2)C(=O)N[C@@H]2CN(C(=O)CCc3scnc3C)C[C@H]2c2cccc(c2)OCC(=O)N[C@H](CC(C)C)C1=O. The van der Waals surface area contributed by atoms with E-state index in [2.05, 4.69) is 20.9 Å². The number of aromatic nitrogens is 1.